The van der Waals surface area contributed by atoms with Crippen LogP contribution in [0.3, 0.4) is 0 Å². The smallest absolute Gasteiger partial charge is 0.144 e. The number of aromatic nitrogens is 2. The van der Waals surface area contributed by atoms with Gasteiger partial charge in [-0.1, -0.05) is 17.7 Å². The standard InChI is InChI=1S/C10H10ClN3O/c1-12-5-8-13-9-6(10(11)14-8)3-2-4-7(9)15/h2-4,12,15H,5H2,1H3. The molecule has 1 heterocycles. The molecule has 0 aliphatic carbocycles. The van der Waals surface area contributed by atoms with Crippen LogP contribution in [0.25, 0.3) is 10.9 Å². The molecule has 0 saturated carbocycles. The average Bonchev–Trinajstić information content (AvgIpc) is 2.20. The van der Waals surface area contributed by atoms with Gasteiger partial charge in [-0.3, -0.25) is 0 Å². The zero-order chi connectivity index (χ0) is 10.8. The molecule has 0 saturated heterocycles. The summed E-state index contributed by atoms with van der Waals surface area (Å²) in [6.07, 6.45) is 0. The predicted octanol–water partition coefficient (Wildman–Crippen LogP) is 1.71. The van der Waals surface area contributed by atoms with Gasteiger partial charge in [0.05, 0.1) is 6.54 Å². The molecule has 15 heavy (non-hydrogen) atoms. The summed E-state index contributed by atoms with van der Waals surface area (Å²) in [5.74, 6) is 0.686. The van der Waals surface area contributed by atoms with Gasteiger partial charge in [-0.2, -0.15) is 0 Å². The number of phenols is 1. The fourth-order valence-corrected chi connectivity index (χ4v) is 1.63. The molecule has 5 heteroatoms. The Hall–Kier alpha value is -1.39. The Morgan fingerprint density at radius 2 is 2.20 bits per heavy atom. The predicted molar refractivity (Wildman–Crippen MR) is 59.0 cm³/mol. The molecule has 2 aromatic rings. The summed E-state index contributed by atoms with van der Waals surface area (Å²) in [6.45, 7) is 0.518. The highest BCUT2D eigenvalue weighted by Crippen LogP contribution is 2.26. The van der Waals surface area contributed by atoms with Gasteiger partial charge in [0.25, 0.3) is 0 Å². The van der Waals surface area contributed by atoms with Gasteiger partial charge < -0.3 is 10.4 Å². The zero-order valence-corrected chi connectivity index (χ0v) is 8.91. The van der Waals surface area contributed by atoms with Crippen LogP contribution in [0, 0.1) is 0 Å². The summed E-state index contributed by atoms with van der Waals surface area (Å²) >= 11 is 5.98. The quantitative estimate of drug-likeness (QED) is 0.761. The number of hydrogen-bond acceptors (Lipinski definition) is 4. The van der Waals surface area contributed by atoms with E-state index < -0.39 is 0 Å². The van der Waals surface area contributed by atoms with E-state index in [2.05, 4.69) is 15.3 Å². The van der Waals surface area contributed by atoms with Crippen molar-refractivity contribution < 1.29 is 5.11 Å². The molecule has 2 rings (SSSR count). The van der Waals surface area contributed by atoms with Crippen molar-refractivity contribution in [2.45, 2.75) is 6.54 Å². The largest absolute Gasteiger partial charge is 0.506 e. The van der Waals surface area contributed by atoms with Crippen LogP contribution < -0.4 is 5.32 Å². The SMILES string of the molecule is CNCc1nc(Cl)c2cccc(O)c2n1. The minimum Gasteiger partial charge on any atom is -0.506 e. The first-order valence-electron chi connectivity index (χ1n) is 4.51. The van der Waals surface area contributed by atoms with Crippen LogP contribution in [0.15, 0.2) is 18.2 Å². The molecular weight excluding hydrogens is 214 g/mol. The molecule has 1 aromatic heterocycles. The Kier molecular flexibility index (Phi) is 2.70. The molecule has 0 fully saturated rings. The molecule has 0 bridgehead atoms. The third kappa shape index (κ3) is 1.86. The fraction of sp³-hybridized carbons (Fsp3) is 0.200. The molecule has 78 valence electrons. The number of nitrogens with one attached hydrogen (secondary N) is 1. The molecule has 0 aliphatic heterocycles. The first-order chi connectivity index (χ1) is 7.22. The van der Waals surface area contributed by atoms with E-state index in [0.29, 0.717) is 28.4 Å². The van der Waals surface area contributed by atoms with Gasteiger partial charge in [-0.25, -0.2) is 9.97 Å². The number of halogens is 1. The first kappa shape index (κ1) is 10.1. The maximum Gasteiger partial charge on any atom is 0.144 e. The van der Waals surface area contributed by atoms with Crippen molar-refractivity contribution in [1.29, 1.82) is 0 Å². The number of benzene rings is 1. The molecule has 0 unspecified atom stereocenters. The monoisotopic (exact) mass is 223 g/mol. The van der Waals surface area contributed by atoms with E-state index in [1.54, 1.807) is 25.2 Å². The maximum absolute atomic E-state index is 9.62. The highest BCUT2D eigenvalue weighted by atomic mass is 35.5. The van der Waals surface area contributed by atoms with E-state index in [9.17, 15) is 5.11 Å². The summed E-state index contributed by atoms with van der Waals surface area (Å²) in [5, 5.41) is 13.6. The highest BCUT2D eigenvalue weighted by Gasteiger charge is 2.08. The summed E-state index contributed by atoms with van der Waals surface area (Å²) < 4.78 is 0. The Morgan fingerprint density at radius 1 is 1.40 bits per heavy atom. The molecule has 4 nitrogen and oxygen atoms in total. The second kappa shape index (κ2) is 4.00. The van der Waals surface area contributed by atoms with Crippen molar-refractivity contribution in [1.82, 2.24) is 15.3 Å². The minimum absolute atomic E-state index is 0.120. The van der Waals surface area contributed by atoms with Crippen LogP contribution in [-0.2, 0) is 6.54 Å². The van der Waals surface area contributed by atoms with Crippen molar-refractivity contribution in [3.8, 4) is 5.75 Å². The second-order valence-electron chi connectivity index (χ2n) is 3.13. The summed E-state index contributed by atoms with van der Waals surface area (Å²) in [5.41, 5.74) is 0.489. The summed E-state index contributed by atoms with van der Waals surface area (Å²) in [4.78, 5) is 8.33. The van der Waals surface area contributed by atoms with Crippen molar-refractivity contribution in [2.24, 2.45) is 0 Å². The van der Waals surface area contributed by atoms with Gasteiger partial charge >= 0.3 is 0 Å². The van der Waals surface area contributed by atoms with Gasteiger partial charge in [0.15, 0.2) is 0 Å². The Labute approximate surface area is 91.9 Å². The summed E-state index contributed by atoms with van der Waals surface area (Å²) in [6, 6.07) is 5.07. The second-order valence-corrected chi connectivity index (χ2v) is 3.49. The lowest BCUT2D eigenvalue weighted by Crippen LogP contribution is -2.09. The number of rotatable bonds is 2. The molecule has 0 atom stereocenters. The van der Waals surface area contributed by atoms with Crippen molar-refractivity contribution in [2.75, 3.05) is 7.05 Å². The number of hydrogen-bond donors (Lipinski definition) is 2. The van der Waals surface area contributed by atoms with Crippen molar-refractivity contribution in [3.05, 3.63) is 29.2 Å². The normalized spacial score (nSPS) is 10.8. The zero-order valence-electron chi connectivity index (χ0n) is 8.16. The summed E-state index contributed by atoms with van der Waals surface area (Å²) in [7, 11) is 1.80. The van der Waals surface area contributed by atoms with Crippen LogP contribution in [0.4, 0.5) is 0 Å². The van der Waals surface area contributed by atoms with Crippen LogP contribution in [-0.4, -0.2) is 22.1 Å². The third-order valence-electron chi connectivity index (χ3n) is 2.04. The molecule has 0 amide bonds. The van der Waals surface area contributed by atoms with Crippen LogP contribution in [0.5, 0.6) is 5.75 Å². The van der Waals surface area contributed by atoms with Gasteiger partial charge in [-0.15, -0.1) is 0 Å². The molecule has 2 N–H and O–H groups in total. The lowest BCUT2D eigenvalue weighted by Gasteiger charge is -2.04. The van der Waals surface area contributed by atoms with Crippen LogP contribution >= 0.6 is 11.6 Å². The van der Waals surface area contributed by atoms with E-state index in [1.807, 2.05) is 0 Å². The molecule has 0 spiro atoms. The molecule has 0 radical (unpaired) electrons. The molecule has 1 aromatic carbocycles. The van der Waals surface area contributed by atoms with Crippen LogP contribution in [0.2, 0.25) is 5.15 Å². The highest BCUT2D eigenvalue weighted by molar-refractivity contribution is 6.34. The first-order valence-corrected chi connectivity index (χ1v) is 4.89. The van der Waals surface area contributed by atoms with Gasteiger partial charge in [-0.05, 0) is 19.2 Å². The van der Waals surface area contributed by atoms with Crippen LogP contribution in [0.1, 0.15) is 5.82 Å². The van der Waals surface area contributed by atoms with Crippen molar-refractivity contribution in [3.63, 3.8) is 0 Å². The van der Waals surface area contributed by atoms with Gasteiger partial charge in [0, 0.05) is 5.39 Å². The van der Waals surface area contributed by atoms with E-state index in [-0.39, 0.29) is 5.75 Å². The average molecular weight is 224 g/mol. The lowest BCUT2D eigenvalue weighted by atomic mass is 10.2. The lowest BCUT2D eigenvalue weighted by molar-refractivity contribution is 0.480. The molecular formula is C10H10ClN3O. The van der Waals surface area contributed by atoms with E-state index >= 15 is 0 Å². The minimum atomic E-state index is 0.120. The third-order valence-corrected chi connectivity index (χ3v) is 2.33. The molecule has 0 aliphatic rings. The number of aromatic hydroxyl groups is 1. The maximum atomic E-state index is 9.62. The van der Waals surface area contributed by atoms with Gasteiger partial charge in [0.2, 0.25) is 0 Å². The fourth-order valence-electron chi connectivity index (χ4n) is 1.38. The number of nitrogens with zero attached hydrogens (tertiary/aromatic N) is 2. The topological polar surface area (TPSA) is 58.0 Å². The Balaban J connectivity index is 2.68. The number of phenolic OH excluding ortho intramolecular Hbond substituents is 1. The van der Waals surface area contributed by atoms with E-state index in [1.165, 1.54) is 0 Å². The van der Waals surface area contributed by atoms with Gasteiger partial charge in [0.1, 0.15) is 22.2 Å². The Bertz CT molecular complexity index is 501. The Morgan fingerprint density at radius 3 is 2.93 bits per heavy atom. The van der Waals surface area contributed by atoms with E-state index in [4.69, 9.17) is 11.6 Å². The van der Waals surface area contributed by atoms with E-state index in [0.717, 1.165) is 0 Å². The number of para-hydroxylation sites is 1. The number of fused-ring (bicyclic) bond motifs is 1. The van der Waals surface area contributed by atoms with Crippen molar-refractivity contribution >= 4 is 22.5 Å².